The molecule has 3 saturated carbocycles. The molecule has 4 unspecified atom stereocenters. The van der Waals surface area contributed by atoms with Crippen molar-refractivity contribution in [1.82, 2.24) is 14.7 Å². The van der Waals surface area contributed by atoms with E-state index in [0.29, 0.717) is 12.1 Å². The summed E-state index contributed by atoms with van der Waals surface area (Å²) in [5, 5.41) is 16.9. The van der Waals surface area contributed by atoms with Gasteiger partial charge in [-0.25, -0.2) is 4.39 Å². The van der Waals surface area contributed by atoms with Gasteiger partial charge in [0.05, 0.1) is 22.2 Å². The van der Waals surface area contributed by atoms with E-state index in [2.05, 4.69) is 11.8 Å². The Hall–Kier alpha value is -1.95. The van der Waals surface area contributed by atoms with Crippen molar-refractivity contribution in [2.45, 2.75) is 101 Å². The van der Waals surface area contributed by atoms with Crippen LogP contribution in [0.2, 0.25) is 0 Å². The number of hydrogen-bond acceptors (Lipinski definition) is 3. The second kappa shape index (κ2) is 6.34. The Kier molecular flexibility index (Phi) is 4.09. The average Bonchev–Trinajstić information content (AvgIpc) is 3.49. The third kappa shape index (κ3) is 2.84. The normalized spacial score (nSPS) is 34.4. The molecule has 3 heterocycles. The summed E-state index contributed by atoms with van der Waals surface area (Å²) in [5.74, 6) is 0.123. The number of halogens is 1. The Bertz CT molecular complexity index is 1130. The van der Waals surface area contributed by atoms with Crippen LogP contribution in [0, 0.1) is 11.2 Å². The van der Waals surface area contributed by atoms with E-state index in [1.165, 1.54) is 0 Å². The van der Waals surface area contributed by atoms with Crippen LogP contribution in [0.5, 0.6) is 0 Å². The number of carbonyl (C=O) groups excluding carboxylic acids is 1. The first-order valence-corrected chi connectivity index (χ1v) is 12.2. The number of aryl methyl sites for hydroxylation is 1. The average molecular weight is 440 g/mol. The third-order valence-electron chi connectivity index (χ3n) is 8.91. The lowest BCUT2D eigenvalue weighted by molar-refractivity contribution is -0.154. The Balaban J connectivity index is 1.45. The lowest BCUT2D eigenvalue weighted by atomic mass is 9.63. The Morgan fingerprint density at radius 2 is 1.91 bits per heavy atom. The highest BCUT2D eigenvalue weighted by Gasteiger charge is 2.57. The number of nitrogens with zero attached hydrogens (tertiary/aromatic N) is 3. The second-order valence-electron chi connectivity index (χ2n) is 12.1. The zero-order valence-electron chi connectivity index (χ0n) is 19.6. The summed E-state index contributed by atoms with van der Waals surface area (Å²) in [6, 6.07) is 3.57. The minimum atomic E-state index is -0.872. The van der Waals surface area contributed by atoms with Gasteiger partial charge in [-0.1, -0.05) is 6.92 Å². The van der Waals surface area contributed by atoms with Gasteiger partial charge in [0.15, 0.2) is 0 Å². The van der Waals surface area contributed by atoms with E-state index in [0.717, 1.165) is 61.4 Å². The summed E-state index contributed by atoms with van der Waals surface area (Å²) in [5.41, 5.74) is 0.918. The molecule has 0 spiro atoms. The molecule has 7 rings (SSSR count). The zero-order chi connectivity index (χ0) is 22.6. The van der Waals surface area contributed by atoms with Crippen molar-refractivity contribution in [3.05, 3.63) is 29.2 Å². The minimum absolute atomic E-state index is 0.0707. The number of aliphatic hydroxyl groups is 1. The van der Waals surface area contributed by atoms with Crippen molar-refractivity contribution >= 4 is 16.8 Å². The minimum Gasteiger partial charge on any atom is -0.390 e. The first kappa shape index (κ1) is 20.6. The van der Waals surface area contributed by atoms with Crippen molar-refractivity contribution in [2.24, 2.45) is 12.5 Å². The number of fused-ring (bicyclic) bond motifs is 2. The SMILES string of the molecule is Cn1nc(C(C)(C)C(=O)N2C3CCC4(O)CC2CC(C)(C3)C4)c2c(C3CC3)c(F)ccc21. The van der Waals surface area contributed by atoms with Gasteiger partial charge in [-0.3, -0.25) is 9.48 Å². The van der Waals surface area contributed by atoms with Crippen LogP contribution in [0.25, 0.3) is 10.9 Å². The van der Waals surface area contributed by atoms with Gasteiger partial charge in [-0.15, -0.1) is 0 Å². The lowest BCUT2D eigenvalue weighted by Gasteiger charge is -2.55. The van der Waals surface area contributed by atoms with Gasteiger partial charge in [-0.05, 0) is 88.7 Å². The Morgan fingerprint density at radius 1 is 1.19 bits per heavy atom. The molecule has 1 aromatic carbocycles. The highest BCUT2D eigenvalue weighted by atomic mass is 19.1. The maximum Gasteiger partial charge on any atom is 0.234 e. The van der Waals surface area contributed by atoms with Gasteiger partial charge < -0.3 is 10.0 Å². The molecule has 1 amide bonds. The molecule has 2 aliphatic heterocycles. The van der Waals surface area contributed by atoms with Crippen LogP contribution in [0.1, 0.15) is 89.3 Å². The molecule has 32 heavy (non-hydrogen) atoms. The molecule has 1 aromatic heterocycles. The van der Waals surface area contributed by atoms with Crippen molar-refractivity contribution in [2.75, 3.05) is 0 Å². The summed E-state index contributed by atoms with van der Waals surface area (Å²) >= 11 is 0. The number of piperidine rings is 1. The van der Waals surface area contributed by atoms with Gasteiger partial charge in [0.2, 0.25) is 5.91 Å². The topological polar surface area (TPSA) is 58.4 Å². The number of amides is 1. The molecule has 5 fully saturated rings. The third-order valence-corrected chi connectivity index (χ3v) is 8.91. The molecular formula is C26H34FN3O2. The number of carbonyl (C=O) groups is 1. The highest BCUT2D eigenvalue weighted by molar-refractivity contribution is 5.96. The molecule has 2 saturated heterocycles. The van der Waals surface area contributed by atoms with Crippen LogP contribution in [0.15, 0.2) is 12.1 Å². The summed E-state index contributed by atoms with van der Waals surface area (Å²) in [4.78, 5) is 16.4. The number of aromatic nitrogens is 2. The van der Waals surface area contributed by atoms with Gasteiger partial charge >= 0.3 is 0 Å². The van der Waals surface area contributed by atoms with Crippen LogP contribution >= 0.6 is 0 Å². The fraction of sp³-hybridized carbons (Fsp3) is 0.692. The van der Waals surface area contributed by atoms with Gasteiger partial charge in [0.1, 0.15) is 5.82 Å². The number of hydrogen-bond donors (Lipinski definition) is 1. The smallest absolute Gasteiger partial charge is 0.234 e. The summed E-state index contributed by atoms with van der Waals surface area (Å²) in [6.45, 7) is 6.19. The summed E-state index contributed by atoms with van der Waals surface area (Å²) < 4.78 is 16.8. The number of benzene rings is 1. The van der Waals surface area contributed by atoms with Crippen molar-refractivity contribution < 1.29 is 14.3 Å². The quantitative estimate of drug-likeness (QED) is 0.763. The van der Waals surface area contributed by atoms with Gasteiger partial charge in [-0.2, -0.15) is 5.10 Å². The molecule has 2 aromatic rings. The predicted molar refractivity (Wildman–Crippen MR) is 121 cm³/mol. The Morgan fingerprint density at radius 3 is 2.62 bits per heavy atom. The lowest BCUT2D eigenvalue weighted by Crippen LogP contribution is -2.61. The maximum atomic E-state index is 15.0. The zero-order valence-corrected chi connectivity index (χ0v) is 19.6. The van der Waals surface area contributed by atoms with E-state index < -0.39 is 11.0 Å². The molecule has 5 aliphatic rings. The van der Waals surface area contributed by atoms with Gasteiger partial charge in [0.25, 0.3) is 0 Å². The molecule has 172 valence electrons. The highest BCUT2D eigenvalue weighted by Crippen LogP contribution is 2.56. The molecular weight excluding hydrogens is 405 g/mol. The van der Waals surface area contributed by atoms with E-state index in [1.54, 1.807) is 16.8 Å². The molecule has 5 nitrogen and oxygen atoms in total. The molecule has 0 radical (unpaired) electrons. The Labute approximate surface area is 189 Å². The summed E-state index contributed by atoms with van der Waals surface area (Å²) in [6.07, 6.45) is 7.06. The first-order valence-electron chi connectivity index (χ1n) is 12.2. The van der Waals surface area contributed by atoms with Crippen LogP contribution < -0.4 is 0 Å². The molecule has 6 heteroatoms. The monoisotopic (exact) mass is 439 g/mol. The number of rotatable bonds is 3. The fourth-order valence-corrected chi connectivity index (χ4v) is 7.52. The van der Waals surface area contributed by atoms with E-state index in [4.69, 9.17) is 5.10 Å². The van der Waals surface area contributed by atoms with Crippen LogP contribution in [-0.4, -0.2) is 43.4 Å². The second-order valence-corrected chi connectivity index (χ2v) is 12.1. The van der Waals surface area contributed by atoms with Gasteiger partial charge in [0, 0.05) is 30.1 Å². The fourth-order valence-electron chi connectivity index (χ4n) is 7.52. The van der Waals surface area contributed by atoms with E-state index in [1.807, 2.05) is 20.9 Å². The van der Waals surface area contributed by atoms with E-state index in [9.17, 15) is 14.3 Å². The van der Waals surface area contributed by atoms with Crippen LogP contribution in [0.4, 0.5) is 4.39 Å². The van der Waals surface area contributed by atoms with E-state index >= 15 is 0 Å². The molecule has 4 bridgehead atoms. The summed E-state index contributed by atoms with van der Waals surface area (Å²) in [7, 11) is 1.88. The standard InChI is InChI=1S/C26H34FN3O2/c1-24(2,22-21-19(29(4)28-22)8-7-18(27)20(21)15-5-6-15)23(31)30-16-9-10-26(32)13-17(30)12-25(3,11-16)14-26/h7-8,15-17,32H,5-6,9-14H2,1-4H3. The van der Waals surface area contributed by atoms with Crippen molar-refractivity contribution in [3.63, 3.8) is 0 Å². The predicted octanol–water partition coefficient (Wildman–Crippen LogP) is 4.55. The largest absolute Gasteiger partial charge is 0.390 e. The van der Waals surface area contributed by atoms with Crippen LogP contribution in [0.3, 0.4) is 0 Å². The maximum absolute atomic E-state index is 15.0. The molecule has 1 N–H and O–H groups in total. The first-order chi connectivity index (χ1) is 15.0. The van der Waals surface area contributed by atoms with Crippen molar-refractivity contribution in [3.8, 4) is 0 Å². The molecule has 4 atom stereocenters. The molecule has 3 aliphatic carbocycles. The van der Waals surface area contributed by atoms with E-state index in [-0.39, 0.29) is 35.1 Å². The van der Waals surface area contributed by atoms with Crippen molar-refractivity contribution in [1.29, 1.82) is 0 Å². The van der Waals surface area contributed by atoms with Crippen LogP contribution in [-0.2, 0) is 17.3 Å².